The molecule has 2 heterocycles. The van der Waals surface area contributed by atoms with Gasteiger partial charge >= 0.3 is 11.7 Å². The molecule has 2 aromatic heterocycles. The summed E-state index contributed by atoms with van der Waals surface area (Å²) < 4.78 is 11.2. The summed E-state index contributed by atoms with van der Waals surface area (Å²) in [6.07, 6.45) is -0.115. The Morgan fingerprint density at radius 2 is 1.96 bits per heavy atom. The number of benzene rings is 1. The second-order valence-corrected chi connectivity index (χ2v) is 6.20. The quantitative estimate of drug-likeness (QED) is 0.656. The van der Waals surface area contributed by atoms with Crippen molar-refractivity contribution in [1.82, 2.24) is 9.88 Å². The summed E-state index contributed by atoms with van der Waals surface area (Å²) in [6, 6.07) is 10.1. The molecule has 1 N–H and O–H groups in total. The lowest BCUT2D eigenvalue weighted by atomic mass is 10.3. The van der Waals surface area contributed by atoms with Crippen LogP contribution in [0.2, 0.25) is 0 Å². The molecule has 8 nitrogen and oxygen atoms in total. The first-order valence-electron chi connectivity index (χ1n) is 7.66. The van der Waals surface area contributed by atoms with Gasteiger partial charge in [-0.1, -0.05) is 18.2 Å². The molecule has 0 atom stereocenters. The minimum Gasteiger partial charge on any atom is -0.456 e. The van der Waals surface area contributed by atoms with Crippen LogP contribution in [0.1, 0.15) is 16.1 Å². The molecule has 1 aromatic carbocycles. The normalized spacial score (nSPS) is 10.6. The fraction of sp³-hybridized carbons (Fsp3) is 0.176. The summed E-state index contributed by atoms with van der Waals surface area (Å²) in [5.74, 6) is -2.50. The molecule has 0 spiro atoms. The first-order chi connectivity index (χ1) is 12.5. The molecule has 0 radical (unpaired) electrons. The van der Waals surface area contributed by atoms with Gasteiger partial charge in [0, 0.05) is 6.54 Å². The van der Waals surface area contributed by atoms with E-state index in [1.165, 1.54) is 15.9 Å². The fourth-order valence-corrected chi connectivity index (χ4v) is 2.90. The number of para-hydroxylation sites is 2. The molecular weight excluding hydrogens is 360 g/mol. The van der Waals surface area contributed by atoms with Gasteiger partial charge in [-0.25, -0.2) is 4.79 Å². The molecule has 26 heavy (non-hydrogen) atoms. The second-order valence-electron chi connectivity index (χ2n) is 5.25. The highest BCUT2D eigenvalue weighted by molar-refractivity contribution is 7.12. The number of carbonyl (C=O) groups is 3. The lowest BCUT2D eigenvalue weighted by molar-refractivity contribution is -0.148. The molecule has 3 rings (SSSR count). The van der Waals surface area contributed by atoms with Gasteiger partial charge in [-0.15, -0.1) is 11.3 Å². The first kappa shape index (κ1) is 17.6. The Balaban J connectivity index is 1.48. The van der Waals surface area contributed by atoms with Crippen LogP contribution in [0.25, 0.3) is 11.1 Å². The number of hydrogen-bond acceptors (Lipinski definition) is 7. The number of nitrogens with one attached hydrogen (secondary N) is 1. The number of rotatable bonds is 6. The summed E-state index contributed by atoms with van der Waals surface area (Å²) in [5, 5.41) is 3.84. The summed E-state index contributed by atoms with van der Waals surface area (Å²) in [7, 11) is 0. The Labute approximate surface area is 151 Å². The van der Waals surface area contributed by atoms with E-state index in [0.29, 0.717) is 16.0 Å². The summed E-state index contributed by atoms with van der Waals surface area (Å²) >= 11 is 1.19. The van der Waals surface area contributed by atoms with Crippen LogP contribution in [0.5, 0.6) is 0 Å². The standard InChI is InChI=1S/C17H14N2O6S/c20-14(18-16(22)13-6-3-9-26-13)10-24-15(21)7-8-19-11-4-1-2-5-12(11)25-17(19)23/h1-6,9H,7-8,10H2,(H,18,20,22). The van der Waals surface area contributed by atoms with Gasteiger partial charge in [-0.05, 0) is 23.6 Å². The van der Waals surface area contributed by atoms with Crippen LogP contribution >= 0.6 is 11.3 Å². The van der Waals surface area contributed by atoms with Gasteiger partial charge in [-0.3, -0.25) is 24.3 Å². The van der Waals surface area contributed by atoms with Crippen LogP contribution < -0.4 is 11.1 Å². The zero-order valence-corrected chi connectivity index (χ0v) is 14.3. The van der Waals surface area contributed by atoms with E-state index < -0.39 is 30.1 Å². The molecule has 0 unspecified atom stereocenters. The van der Waals surface area contributed by atoms with Gasteiger partial charge in [0.1, 0.15) is 0 Å². The van der Waals surface area contributed by atoms with E-state index in [1.807, 2.05) is 0 Å². The maximum Gasteiger partial charge on any atom is 0.419 e. The van der Waals surface area contributed by atoms with Crippen LogP contribution in [-0.4, -0.2) is 29.0 Å². The van der Waals surface area contributed by atoms with Crippen LogP contribution in [0, 0.1) is 0 Å². The van der Waals surface area contributed by atoms with Crippen molar-refractivity contribution < 1.29 is 23.5 Å². The Kier molecular flexibility index (Phi) is 5.28. The smallest absolute Gasteiger partial charge is 0.419 e. The second kappa shape index (κ2) is 7.79. The number of aryl methyl sites for hydroxylation is 1. The summed E-state index contributed by atoms with van der Waals surface area (Å²) in [5.41, 5.74) is 1.00. The van der Waals surface area contributed by atoms with Gasteiger partial charge in [0.05, 0.1) is 16.8 Å². The minimum atomic E-state index is -0.720. The summed E-state index contributed by atoms with van der Waals surface area (Å²) in [4.78, 5) is 47.3. The largest absolute Gasteiger partial charge is 0.456 e. The Morgan fingerprint density at radius 3 is 2.73 bits per heavy atom. The van der Waals surface area contributed by atoms with Crippen molar-refractivity contribution in [3.63, 3.8) is 0 Å². The van der Waals surface area contributed by atoms with Crippen molar-refractivity contribution in [1.29, 1.82) is 0 Å². The van der Waals surface area contributed by atoms with E-state index in [-0.39, 0.29) is 13.0 Å². The van der Waals surface area contributed by atoms with Gasteiger partial charge < -0.3 is 9.15 Å². The van der Waals surface area contributed by atoms with Gasteiger partial charge in [-0.2, -0.15) is 0 Å². The number of fused-ring (bicyclic) bond motifs is 1. The lowest BCUT2D eigenvalue weighted by Gasteiger charge is -2.05. The maximum atomic E-state index is 11.8. The topological polar surface area (TPSA) is 108 Å². The predicted molar refractivity (Wildman–Crippen MR) is 92.8 cm³/mol. The maximum absolute atomic E-state index is 11.8. The highest BCUT2D eigenvalue weighted by Gasteiger charge is 2.14. The van der Waals surface area contributed by atoms with E-state index >= 15 is 0 Å². The van der Waals surface area contributed by atoms with E-state index in [9.17, 15) is 19.2 Å². The molecule has 0 saturated carbocycles. The van der Waals surface area contributed by atoms with Gasteiger partial charge in [0.2, 0.25) is 0 Å². The number of carbonyl (C=O) groups excluding carboxylic acids is 3. The van der Waals surface area contributed by atoms with Gasteiger partial charge in [0.25, 0.3) is 11.8 Å². The van der Waals surface area contributed by atoms with Crippen molar-refractivity contribution in [2.75, 3.05) is 6.61 Å². The highest BCUT2D eigenvalue weighted by Crippen LogP contribution is 2.12. The van der Waals surface area contributed by atoms with E-state index in [1.54, 1.807) is 41.8 Å². The van der Waals surface area contributed by atoms with Crippen molar-refractivity contribution in [3.05, 3.63) is 57.2 Å². The molecule has 3 aromatic rings. The summed E-state index contributed by atoms with van der Waals surface area (Å²) in [6.45, 7) is -0.512. The third kappa shape index (κ3) is 4.06. The molecule has 134 valence electrons. The lowest BCUT2D eigenvalue weighted by Crippen LogP contribution is -2.33. The van der Waals surface area contributed by atoms with E-state index in [2.05, 4.69) is 5.32 Å². The molecule has 0 fully saturated rings. The number of amides is 2. The van der Waals surface area contributed by atoms with Gasteiger partial charge in [0.15, 0.2) is 12.2 Å². The molecule has 0 aliphatic carbocycles. The zero-order chi connectivity index (χ0) is 18.5. The van der Waals surface area contributed by atoms with Crippen molar-refractivity contribution >= 4 is 40.2 Å². The molecule has 0 aliphatic rings. The first-order valence-corrected chi connectivity index (χ1v) is 8.54. The Bertz CT molecular complexity index is 1000. The molecule has 0 aliphatic heterocycles. The van der Waals surface area contributed by atoms with E-state index in [4.69, 9.17) is 9.15 Å². The Hall–Kier alpha value is -3.20. The number of thiophene rings is 1. The van der Waals surface area contributed by atoms with Crippen molar-refractivity contribution in [2.24, 2.45) is 0 Å². The van der Waals surface area contributed by atoms with Crippen molar-refractivity contribution in [3.8, 4) is 0 Å². The monoisotopic (exact) mass is 374 g/mol. The molecule has 0 saturated heterocycles. The number of ether oxygens (including phenoxy) is 1. The Morgan fingerprint density at radius 1 is 1.15 bits per heavy atom. The zero-order valence-electron chi connectivity index (χ0n) is 13.5. The highest BCUT2D eigenvalue weighted by atomic mass is 32.1. The van der Waals surface area contributed by atoms with Crippen LogP contribution in [0.3, 0.4) is 0 Å². The molecule has 9 heteroatoms. The van der Waals surface area contributed by atoms with Crippen LogP contribution in [-0.2, 0) is 20.9 Å². The fourth-order valence-electron chi connectivity index (χ4n) is 2.28. The number of oxazole rings is 1. The number of hydrogen-bond donors (Lipinski definition) is 1. The number of nitrogens with zero attached hydrogens (tertiary/aromatic N) is 1. The molecule has 0 bridgehead atoms. The average Bonchev–Trinajstić information content (AvgIpc) is 3.25. The number of imide groups is 1. The third-order valence-corrected chi connectivity index (χ3v) is 4.34. The third-order valence-electron chi connectivity index (χ3n) is 3.48. The number of esters is 1. The SMILES string of the molecule is O=C(COC(=O)CCn1c(=O)oc2ccccc21)NC(=O)c1cccs1. The average molecular weight is 374 g/mol. The van der Waals surface area contributed by atoms with Crippen LogP contribution in [0.4, 0.5) is 0 Å². The molecule has 2 amide bonds. The minimum absolute atomic E-state index is 0.0599. The molecular formula is C17H14N2O6S. The van der Waals surface area contributed by atoms with E-state index in [0.717, 1.165) is 0 Å². The van der Waals surface area contributed by atoms with Crippen molar-refractivity contribution in [2.45, 2.75) is 13.0 Å². The van der Waals surface area contributed by atoms with Crippen LogP contribution in [0.15, 0.2) is 51.0 Å². The predicted octanol–water partition coefficient (Wildman–Crippen LogP) is 1.55. The number of aromatic nitrogens is 1.